The van der Waals surface area contributed by atoms with Crippen molar-refractivity contribution >= 4 is 11.6 Å². The van der Waals surface area contributed by atoms with Crippen LogP contribution in [0.3, 0.4) is 0 Å². The van der Waals surface area contributed by atoms with Gasteiger partial charge in [-0.3, -0.25) is 9.55 Å². The summed E-state index contributed by atoms with van der Waals surface area (Å²) in [7, 11) is 0. The molecule has 0 saturated heterocycles. The van der Waals surface area contributed by atoms with Crippen LogP contribution in [0, 0.1) is 0 Å². The van der Waals surface area contributed by atoms with Gasteiger partial charge in [-0.25, -0.2) is 9.97 Å². The van der Waals surface area contributed by atoms with Crippen molar-refractivity contribution in [3.05, 3.63) is 79.4 Å². The second-order valence-corrected chi connectivity index (χ2v) is 5.07. The van der Waals surface area contributed by atoms with Gasteiger partial charge < -0.3 is 5.32 Å². The largest absolute Gasteiger partial charge is 0.324 e. The van der Waals surface area contributed by atoms with Crippen LogP contribution in [0.25, 0.3) is 17.3 Å². The lowest BCUT2D eigenvalue weighted by atomic mass is 10.3. The molecule has 24 heavy (non-hydrogen) atoms. The van der Waals surface area contributed by atoms with E-state index in [1.165, 1.54) is 0 Å². The van der Waals surface area contributed by atoms with Crippen LogP contribution >= 0.6 is 0 Å². The summed E-state index contributed by atoms with van der Waals surface area (Å²) in [6, 6.07) is 17.4. The predicted octanol–water partition coefficient (Wildman–Crippen LogP) is 3.47. The van der Waals surface area contributed by atoms with Gasteiger partial charge in [0.15, 0.2) is 5.82 Å². The number of pyridine rings is 1. The molecule has 0 fully saturated rings. The van der Waals surface area contributed by atoms with Crippen molar-refractivity contribution in [2.45, 2.75) is 0 Å². The van der Waals surface area contributed by atoms with Crippen LogP contribution < -0.4 is 5.32 Å². The molecule has 116 valence electrons. The Hall–Kier alpha value is -3.54. The molecule has 4 rings (SSSR count). The quantitative estimate of drug-likeness (QED) is 0.624. The maximum Gasteiger partial charge on any atom is 0.229 e. The molecule has 0 aliphatic heterocycles. The summed E-state index contributed by atoms with van der Waals surface area (Å²) in [5.41, 5.74) is 1.73. The Morgan fingerprint density at radius 3 is 2.46 bits per heavy atom. The molecule has 0 saturated carbocycles. The van der Waals surface area contributed by atoms with Crippen LogP contribution in [-0.4, -0.2) is 24.5 Å². The third kappa shape index (κ3) is 2.85. The monoisotopic (exact) mass is 314 g/mol. The summed E-state index contributed by atoms with van der Waals surface area (Å²) in [6.45, 7) is 0. The van der Waals surface area contributed by atoms with Crippen LogP contribution in [0.4, 0.5) is 11.6 Å². The molecular weight excluding hydrogens is 300 g/mol. The van der Waals surface area contributed by atoms with Crippen LogP contribution in [0.1, 0.15) is 0 Å². The van der Waals surface area contributed by atoms with E-state index in [-0.39, 0.29) is 0 Å². The average Bonchev–Trinajstić information content (AvgIpc) is 3.13. The smallest absolute Gasteiger partial charge is 0.229 e. The molecular formula is C18H14N6. The van der Waals surface area contributed by atoms with Crippen molar-refractivity contribution in [1.29, 1.82) is 0 Å². The zero-order valence-corrected chi connectivity index (χ0v) is 12.7. The number of para-hydroxylation sites is 1. The number of hydrogen-bond donors (Lipinski definition) is 1. The molecule has 0 aliphatic rings. The molecule has 1 aromatic carbocycles. The number of nitrogens with zero attached hydrogens (tertiary/aromatic N) is 5. The topological polar surface area (TPSA) is 68.5 Å². The SMILES string of the molecule is c1ccc(Nc2nccc(-n3ccnc3-c3ccccn3)n2)cc1. The minimum absolute atomic E-state index is 0.527. The Bertz CT molecular complexity index is 934. The Labute approximate surface area is 138 Å². The first-order chi connectivity index (χ1) is 11.9. The summed E-state index contributed by atoms with van der Waals surface area (Å²) >= 11 is 0. The first kappa shape index (κ1) is 14.1. The molecule has 3 heterocycles. The van der Waals surface area contributed by atoms with Gasteiger partial charge in [0.2, 0.25) is 5.95 Å². The van der Waals surface area contributed by atoms with E-state index in [0.29, 0.717) is 5.95 Å². The molecule has 4 aromatic rings. The highest BCUT2D eigenvalue weighted by atomic mass is 15.2. The van der Waals surface area contributed by atoms with Crippen molar-refractivity contribution in [2.75, 3.05) is 5.32 Å². The highest BCUT2D eigenvalue weighted by molar-refractivity contribution is 5.55. The first-order valence-electron chi connectivity index (χ1n) is 7.50. The summed E-state index contributed by atoms with van der Waals surface area (Å²) < 4.78 is 1.89. The van der Waals surface area contributed by atoms with E-state index in [1.807, 2.05) is 65.4 Å². The second-order valence-electron chi connectivity index (χ2n) is 5.07. The lowest BCUT2D eigenvalue weighted by molar-refractivity contribution is 0.976. The zero-order valence-electron chi connectivity index (χ0n) is 12.7. The van der Waals surface area contributed by atoms with Crippen molar-refractivity contribution in [3.8, 4) is 17.3 Å². The number of imidazole rings is 1. The van der Waals surface area contributed by atoms with Gasteiger partial charge >= 0.3 is 0 Å². The van der Waals surface area contributed by atoms with E-state index in [0.717, 1.165) is 23.0 Å². The highest BCUT2D eigenvalue weighted by Crippen LogP contribution is 2.19. The maximum atomic E-state index is 4.57. The fourth-order valence-electron chi connectivity index (χ4n) is 2.37. The van der Waals surface area contributed by atoms with E-state index >= 15 is 0 Å². The van der Waals surface area contributed by atoms with Crippen molar-refractivity contribution in [3.63, 3.8) is 0 Å². The first-order valence-corrected chi connectivity index (χ1v) is 7.50. The van der Waals surface area contributed by atoms with Crippen LogP contribution in [0.15, 0.2) is 79.4 Å². The third-order valence-electron chi connectivity index (χ3n) is 3.45. The summed E-state index contributed by atoms with van der Waals surface area (Å²) in [5.74, 6) is 1.99. The lowest BCUT2D eigenvalue weighted by Gasteiger charge is -2.09. The number of nitrogens with one attached hydrogen (secondary N) is 1. The van der Waals surface area contributed by atoms with Gasteiger partial charge in [-0.15, -0.1) is 0 Å². The molecule has 0 atom stereocenters. The molecule has 1 N–H and O–H groups in total. The van der Waals surface area contributed by atoms with Crippen LogP contribution in [0.2, 0.25) is 0 Å². The van der Waals surface area contributed by atoms with Gasteiger partial charge in [-0.05, 0) is 30.3 Å². The number of anilines is 2. The van der Waals surface area contributed by atoms with Gasteiger partial charge in [0.05, 0.1) is 0 Å². The number of hydrogen-bond acceptors (Lipinski definition) is 5. The normalized spacial score (nSPS) is 10.5. The average molecular weight is 314 g/mol. The van der Waals surface area contributed by atoms with Gasteiger partial charge in [-0.1, -0.05) is 24.3 Å². The minimum atomic E-state index is 0.527. The Kier molecular flexibility index (Phi) is 3.69. The Morgan fingerprint density at radius 2 is 1.62 bits per heavy atom. The number of rotatable bonds is 4. The summed E-state index contributed by atoms with van der Waals surface area (Å²) in [4.78, 5) is 17.6. The minimum Gasteiger partial charge on any atom is -0.324 e. The highest BCUT2D eigenvalue weighted by Gasteiger charge is 2.10. The molecule has 0 spiro atoms. The van der Waals surface area contributed by atoms with E-state index in [2.05, 4.69) is 25.3 Å². The van der Waals surface area contributed by atoms with E-state index in [9.17, 15) is 0 Å². The summed E-state index contributed by atoms with van der Waals surface area (Å²) in [5, 5.41) is 3.19. The second kappa shape index (κ2) is 6.29. The number of aromatic nitrogens is 5. The van der Waals surface area contributed by atoms with E-state index in [1.54, 1.807) is 18.6 Å². The molecule has 3 aromatic heterocycles. The fourth-order valence-corrected chi connectivity index (χ4v) is 2.37. The number of benzene rings is 1. The van der Waals surface area contributed by atoms with Crippen molar-refractivity contribution in [1.82, 2.24) is 24.5 Å². The lowest BCUT2D eigenvalue weighted by Crippen LogP contribution is -2.04. The molecule has 0 radical (unpaired) electrons. The fraction of sp³-hybridized carbons (Fsp3) is 0. The van der Waals surface area contributed by atoms with Crippen LogP contribution in [-0.2, 0) is 0 Å². The molecule has 6 heteroatoms. The Morgan fingerprint density at radius 1 is 0.750 bits per heavy atom. The zero-order chi connectivity index (χ0) is 16.2. The molecule has 0 aliphatic carbocycles. The summed E-state index contributed by atoms with van der Waals surface area (Å²) in [6.07, 6.45) is 7.06. The molecule has 0 amide bonds. The van der Waals surface area contributed by atoms with Gasteiger partial charge in [-0.2, -0.15) is 4.98 Å². The molecule has 6 nitrogen and oxygen atoms in total. The van der Waals surface area contributed by atoms with Crippen molar-refractivity contribution < 1.29 is 0 Å². The molecule has 0 bridgehead atoms. The van der Waals surface area contributed by atoms with Crippen molar-refractivity contribution in [2.24, 2.45) is 0 Å². The Balaban J connectivity index is 1.69. The van der Waals surface area contributed by atoms with E-state index < -0.39 is 0 Å². The van der Waals surface area contributed by atoms with Gasteiger partial charge in [0.1, 0.15) is 11.5 Å². The van der Waals surface area contributed by atoms with Crippen LogP contribution in [0.5, 0.6) is 0 Å². The van der Waals surface area contributed by atoms with Gasteiger partial charge in [0, 0.05) is 30.5 Å². The molecule has 0 unspecified atom stereocenters. The standard InChI is InChI=1S/C18H14N6/c1-2-6-14(7-3-1)22-18-21-11-9-16(23-18)24-13-12-20-17(24)15-8-4-5-10-19-15/h1-13H,(H,21,22,23). The predicted molar refractivity (Wildman–Crippen MR) is 92.1 cm³/mol. The third-order valence-corrected chi connectivity index (χ3v) is 3.45. The maximum absolute atomic E-state index is 4.57. The van der Waals surface area contributed by atoms with Gasteiger partial charge in [0.25, 0.3) is 0 Å². The van der Waals surface area contributed by atoms with E-state index in [4.69, 9.17) is 0 Å².